The maximum atomic E-state index is 12.6. The highest BCUT2D eigenvalue weighted by Crippen LogP contribution is 2.31. The zero-order valence-electron chi connectivity index (χ0n) is 7.15. The molecular formula is C7H5F3N2O3. The molecule has 1 heterocycles. The Bertz CT molecular complexity index is 397. The minimum atomic E-state index is -3.19. The van der Waals surface area contributed by atoms with Gasteiger partial charge in [-0.3, -0.25) is 10.1 Å². The average molecular weight is 222 g/mol. The Balaban J connectivity index is 3.47. The molecule has 8 heteroatoms. The summed E-state index contributed by atoms with van der Waals surface area (Å²) < 4.78 is 37.4. The van der Waals surface area contributed by atoms with Crippen molar-refractivity contribution >= 4 is 5.69 Å². The van der Waals surface area contributed by atoms with Crippen molar-refractivity contribution in [3.63, 3.8) is 0 Å². The molecule has 0 saturated carbocycles. The molecule has 0 aliphatic carbocycles. The van der Waals surface area contributed by atoms with Crippen LogP contribution in [0.25, 0.3) is 0 Å². The molecule has 1 N–H and O–H groups in total. The van der Waals surface area contributed by atoms with Gasteiger partial charge in [0.25, 0.3) is 12.1 Å². The van der Waals surface area contributed by atoms with Gasteiger partial charge in [0.1, 0.15) is 5.56 Å². The molecule has 0 aliphatic heterocycles. The third kappa shape index (κ3) is 2.21. The van der Waals surface area contributed by atoms with Gasteiger partial charge in [-0.1, -0.05) is 0 Å². The molecule has 0 amide bonds. The van der Waals surface area contributed by atoms with Gasteiger partial charge in [-0.15, -0.1) is 0 Å². The summed E-state index contributed by atoms with van der Waals surface area (Å²) in [6.45, 7) is -0.988. The van der Waals surface area contributed by atoms with Crippen LogP contribution >= 0.6 is 0 Å². The van der Waals surface area contributed by atoms with E-state index < -0.39 is 40.8 Å². The van der Waals surface area contributed by atoms with Gasteiger partial charge in [0.2, 0.25) is 5.95 Å². The molecule has 15 heavy (non-hydrogen) atoms. The van der Waals surface area contributed by atoms with E-state index >= 15 is 0 Å². The first-order valence-corrected chi connectivity index (χ1v) is 3.70. The molecular weight excluding hydrogens is 217 g/mol. The quantitative estimate of drug-likeness (QED) is 0.478. The molecule has 1 rings (SSSR count). The van der Waals surface area contributed by atoms with Gasteiger partial charge in [0.15, 0.2) is 0 Å². The Kier molecular flexibility index (Phi) is 3.20. The second kappa shape index (κ2) is 4.22. The minimum Gasteiger partial charge on any atom is -0.390 e. The highest BCUT2D eigenvalue weighted by atomic mass is 19.3. The van der Waals surface area contributed by atoms with Gasteiger partial charge in [-0.05, 0) is 0 Å². The van der Waals surface area contributed by atoms with E-state index in [0.29, 0.717) is 6.07 Å². The van der Waals surface area contributed by atoms with Gasteiger partial charge in [-0.2, -0.15) is 4.39 Å². The Morgan fingerprint density at radius 1 is 1.60 bits per heavy atom. The fourth-order valence-corrected chi connectivity index (χ4v) is 1.07. The van der Waals surface area contributed by atoms with E-state index in [2.05, 4.69) is 4.98 Å². The van der Waals surface area contributed by atoms with Crippen molar-refractivity contribution in [3.8, 4) is 0 Å². The van der Waals surface area contributed by atoms with E-state index in [0.717, 1.165) is 0 Å². The molecule has 0 radical (unpaired) electrons. The van der Waals surface area contributed by atoms with Crippen molar-refractivity contribution in [1.29, 1.82) is 0 Å². The lowest BCUT2D eigenvalue weighted by Gasteiger charge is -2.06. The summed E-state index contributed by atoms with van der Waals surface area (Å²) in [4.78, 5) is 12.2. The number of nitro groups is 1. The molecule has 0 aromatic carbocycles. The minimum absolute atomic E-state index is 0.292. The van der Waals surface area contributed by atoms with Gasteiger partial charge in [-0.25, -0.2) is 13.8 Å². The molecule has 82 valence electrons. The average Bonchev–Trinajstić information content (AvgIpc) is 2.15. The van der Waals surface area contributed by atoms with Crippen LogP contribution in [0.4, 0.5) is 18.9 Å². The number of aromatic nitrogens is 1. The zero-order chi connectivity index (χ0) is 11.6. The number of hydrogen-bond acceptors (Lipinski definition) is 4. The molecule has 1 aromatic rings. The number of aliphatic hydroxyl groups is 1. The summed E-state index contributed by atoms with van der Waals surface area (Å²) in [5.41, 5.74) is -2.86. The fraction of sp³-hybridized carbons (Fsp3) is 0.286. The largest absolute Gasteiger partial charge is 0.390 e. The van der Waals surface area contributed by atoms with E-state index in [4.69, 9.17) is 5.11 Å². The van der Waals surface area contributed by atoms with Crippen LogP contribution in [0.2, 0.25) is 0 Å². The SMILES string of the molecule is O=[N+]([O-])c1cc(F)nc(CO)c1C(F)F. The number of aliphatic hydroxyl groups excluding tert-OH is 1. The molecule has 0 spiro atoms. The van der Waals surface area contributed by atoms with Gasteiger partial charge in [0.05, 0.1) is 23.3 Å². The van der Waals surface area contributed by atoms with Crippen LogP contribution in [0.3, 0.4) is 0 Å². The molecule has 0 unspecified atom stereocenters. The van der Waals surface area contributed by atoms with Crippen LogP contribution in [0.5, 0.6) is 0 Å². The second-order valence-corrected chi connectivity index (χ2v) is 2.54. The van der Waals surface area contributed by atoms with Crippen molar-refractivity contribution in [2.75, 3.05) is 0 Å². The predicted octanol–water partition coefficient (Wildman–Crippen LogP) is 1.56. The van der Waals surface area contributed by atoms with Crippen LogP contribution in [0.15, 0.2) is 6.07 Å². The highest BCUT2D eigenvalue weighted by molar-refractivity contribution is 5.43. The van der Waals surface area contributed by atoms with E-state index in [1.807, 2.05) is 0 Å². The zero-order valence-corrected chi connectivity index (χ0v) is 7.15. The molecule has 0 atom stereocenters. The number of rotatable bonds is 3. The van der Waals surface area contributed by atoms with E-state index in [1.54, 1.807) is 0 Å². The van der Waals surface area contributed by atoms with Crippen molar-refractivity contribution in [2.45, 2.75) is 13.0 Å². The van der Waals surface area contributed by atoms with Gasteiger partial charge < -0.3 is 5.11 Å². The lowest BCUT2D eigenvalue weighted by Crippen LogP contribution is -2.05. The van der Waals surface area contributed by atoms with Crippen LogP contribution in [0, 0.1) is 16.1 Å². The standard InChI is InChI=1S/C7H5F3N2O3/c8-5-1-4(12(14)15)6(7(9)10)3(2-13)11-5/h1,7,13H,2H2. The molecule has 0 fully saturated rings. The third-order valence-corrected chi connectivity index (χ3v) is 1.65. The monoisotopic (exact) mass is 222 g/mol. The summed E-state index contributed by atoms with van der Waals surface area (Å²) >= 11 is 0. The highest BCUT2D eigenvalue weighted by Gasteiger charge is 2.27. The molecule has 0 aliphatic rings. The molecule has 1 aromatic heterocycles. The third-order valence-electron chi connectivity index (χ3n) is 1.65. The maximum Gasteiger partial charge on any atom is 0.284 e. The fourth-order valence-electron chi connectivity index (χ4n) is 1.07. The van der Waals surface area contributed by atoms with Gasteiger partial charge in [0, 0.05) is 0 Å². The van der Waals surface area contributed by atoms with Crippen LogP contribution in [0.1, 0.15) is 17.7 Å². The summed E-state index contributed by atoms with van der Waals surface area (Å²) in [5, 5.41) is 19.0. The van der Waals surface area contributed by atoms with E-state index in [1.165, 1.54) is 0 Å². The number of pyridine rings is 1. The van der Waals surface area contributed by atoms with Crippen molar-refractivity contribution in [2.24, 2.45) is 0 Å². The van der Waals surface area contributed by atoms with Crippen LogP contribution in [-0.4, -0.2) is 15.0 Å². The predicted molar refractivity (Wildman–Crippen MR) is 41.7 cm³/mol. The number of alkyl halides is 2. The van der Waals surface area contributed by atoms with E-state index in [9.17, 15) is 23.3 Å². The number of nitrogens with zero attached hydrogens (tertiary/aromatic N) is 2. The molecule has 0 bridgehead atoms. The lowest BCUT2D eigenvalue weighted by atomic mass is 10.1. The van der Waals surface area contributed by atoms with Crippen molar-refractivity contribution in [1.82, 2.24) is 4.98 Å². The van der Waals surface area contributed by atoms with Crippen LogP contribution < -0.4 is 0 Å². The first-order chi connectivity index (χ1) is 6.97. The Hall–Kier alpha value is -1.70. The number of hydrogen-bond donors (Lipinski definition) is 1. The van der Waals surface area contributed by atoms with Gasteiger partial charge >= 0.3 is 0 Å². The van der Waals surface area contributed by atoms with Crippen molar-refractivity contribution < 1.29 is 23.2 Å². The topological polar surface area (TPSA) is 76.3 Å². The second-order valence-electron chi connectivity index (χ2n) is 2.54. The van der Waals surface area contributed by atoms with E-state index in [-0.39, 0.29) is 0 Å². The van der Waals surface area contributed by atoms with Crippen LogP contribution in [-0.2, 0) is 6.61 Å². The first kappa shape index (κ1) is 11.4. The van der Waals surface area contributed by atoms with Crippen molar-refractivity contribution in [3.05, 3.63) is 33.4 Å². The number of halogens is 3. The Labute approximate surface area is 81.3 Å². The normalized spacial score (nSPS) is 10.7. The lowest BCUT2D eigenvalue weighted by molar-refractivity contribution is -0.386. The first-order valence-electron chi connectivity index (χ1n) is 3.70. The Morgan fingerprint density at radius 2 is 2.20 bits per heavy atom. The summed E-state index contributed by atoms with van der Waals surface area (Å²) in [6.07, 6.45) is -3.19. The maximum absolute atomic E-state index is 12.6. The smallest absolute Gasteiger partial charge is 0.284 e. The molecule has 5 nitrogen and oxygen atoms in total. The summed E-state index contributed by atoms with van der Waals surface area (Å²) in [7, 11) is 0. The summed E-state index contributed by atoms with van der Waals surface area (Å²) in [5.74, 6) is -1.28. The summed E-state index contributed by atoms with van der Waals surface area (Å²) in [6, 6.07) is 0.292. The molecule has 0 saturated heterocycles. The Morgan fingerprint density at radius 3 is 2.60 bits per heavy atom.